The van der Waals surface area contributed by atoms with Crippen LogP contribution in [0.3, 0.4) is 0 Å². The lowest BCUT2D eigenvalue weighted by Gasteiger charge is -2.32. The molecule has 120 valence electrons. The summed E-state index contributed by atoms with van der Waals surface area (Å²) in [5.74, 6) is 0.0837. The summed E-state index contributed by atoms with van der Waals surface area (Å²) in [6, 6.07) is 5.50. The summed E-state index contributed by atoms with van der Waals surface area (Å²) in [7, 11) is 3.17. The van der Waals surface area contributed by atoms with Crippen LogP contribution in [-0.2, 0) is 14.3 Å². The Bertz CT molecular complexity index is 535. The van der Waals surface area contributed by atoms with Crippen LogP contribution in [-0.4, -0.2) is 45.7 Å². The highest BCUT2D eigenvalue weighted by atomic mass is 16.5. The van der Waals surface area contributed by atoms with Crippen LogP contribution < -0.4 is 14.4 Å². The van der Waals surface area contributed by atoms with Crippen LogP contribution in [0, 0.1) is 5.92 Å². The Morgan fingerprint density at radius 2 is 1.86 bits per heavy atom. The van der Waals surface area contributed by atoms with Crippen molar-refractivity contribution in [3.8, 4) is 11.5 Å². The number of Topliss-reactive ketones (excluding diaryl/α,β-unsaturated/α-hetero) is 1. The number of benzene rings is 1. The molecule has 1 aromatic carbocycles. The molecule has 1 saturated heterocycles. The molecule has 0 aliphatic carbocycles. The fourth-order valence-corrected chi connectivity index (χ4v) is 2.49. The summed E-state index contributed by atoms with van der Waals surface area (Å²) in [5, 5.41) is 0. The second-order valence-corrected chi connectivity index (χ2v) is 5.04. The Kier molecular flexibility index (Phi) is 5.25. The molecule has 1 heterocycles. The Morgan fingerprint density at radius 3 is 2.41 bits per heavy atom. The largest absolute Gasteiger partial charge is 0.497 e. The van der Waals surface area contributed by atoms with E-state index in [0.717, 1.165) is 5.69 Å². The van der Waals surface area contributed by atoms with Gasteiger partial charge in [0.05, 0.1) is 20.8 Å². The van der Waals surface area contributed by atoms with E-state index in [1.807, 2.05) is 17.0 Å². The first kappa shape index (κ1) is 16.1. The zero-order valence-electron chi connectivity index (χ0n) is 13.1. The van der Waals surface area contributed by atoms with Crippen LogP contribution in [0.15, 0.2) is 18.2 Å². The number of ketones is 1. The maximum absolute atomic E-state index is 12.0. The van der Waals surface area contributed by atoms with Crippen LogP contribution >= 0.6 is 0 Å². The summed E-state index contributed by atoms with van der Waals surface area (Å²) in [6.07, 6.45) is 0.322. The summed E-state index contributed by atoms with van der Waals surface area (Å²) >= 11 is 0. The maximum Gasteiger partial charge on any atom is 0.318 e. The lowest BCUT2D eigenvalue weighted by Crippen LogP contribution is -2.45. The van der Waals surface area contributed by atoms with Crippen LogP contribution in [0.25, 0.3) is 0 Å². The molecule has 1 unspecified atom stereocenters. The van der Waals surface area contributed by atoms with Gasteiger partial charge in [0, 0.05) is 43.4 Å². The van der Waals surface area contributed by atoms with Gasteiger partial charge in [-0.25, -0.2) is 0 Å². The summed E-state index contributed by atoms with van der Waals surface area (Å²) in [6.45, 7) is 2.88. The first-order valence-electron chi connectivity index (χ1n) is 7.26. The Balaban J connectivity index is 2.22. The topological polar surface area (TPSA) is 65.1 Å². The van der Waals surface area contributed by atoms with Gasteiger partial charge in [0.15, 0.2) is 5.78 Å². The number of nitrogens with zero attached hydrogens (tertiary/aromatic N) is 1. The molecule has 1 aliphatic rings. The predicted molar refractivity (Wildman–Crippen MR) is 81.5 cm³/mol. The molecular formula is C16H21NO5. The van der Waals surface area contributed by atoms with Gasteiger partial charge >= 0.3 is 5.97 Å². The van der Waals surface area contributed by atoms with Gasteiger partial charge in [0.1, 0.15) is 17.4 Å². The Hall–Kier alpha value is -2.24. The van der Waals surface area contributed by atoms with Crippen molar-refractivity contribution in [3.63, 3.8) is 0 Å². The van der Waals surface area contributed by atoms with Crippen molar-refractivity contribution in [3.05, 3.63) is 18.2 Å². The molecule has 0 aromatic heterocycles. The number of anilines is 1. The van der Waals surface area contributed by atoms with E-state index in [9.17, 15) is 9.59 Å². The number of hydrogen-bond donors (Lipinski definition) is 0. The fourth-order valence-electron chi connectivity index (χ4n) is 2.49. The van der Waals surface area contributed by atoms with E-state index in [-0.39, 0.29) is 12.4 Å². The average molecular weight is 307 g/mol. The normalized spacial score (nSPS) is 18.0. The maximum atomic E-state index is 12.0. The Morgan fingerprint density at radius 1 is 1.23 bits per heavy atom. The molecule has 1 fully saturated rings. The van der Waals surface area contributed by atoms with E-state index in [1.165, 1.54) is 0 Å². The van der Waals surface area contributed by atoms with Crippen molar-refractivity contribution in [1.29, 1.82) is 0 Å². The predicted octanol–water partition coefficient (Wildman–Crippen LogP) is 1.66. The van der Waals surface area contributed by atoms with E-state index in [2.05, 4.69) is 0 Å². The van der Waals surface area contributed by atoms with Crippen molar-refractivity contribution in [2.24, 2.45) is 5.92 Å². The van der Waals surface area contributed by atoms with Gasteiger partial charge in [-0.05, 0) is 6.92 Å². The molecule has 22 heavy (non-hydrogen) atoms. The van der Waals surface area contributed by atoms with E-state index < -0.39 is 11.9 Å². The Labute approximate surface area is 129 Å². The molecule has 0 spiro atoms. The lowest BCUT2D eigenvalue weighted by atomic mass is 9.96. The van der Waals surface area contributed by atoms with Gasteiger partial charge in [-0.2, -0.15) is 0 Å². The summed E-state index contributed by atoms with van der Waals surface area (Å²) in [5.41, 5.74) is 0.859. The van der Waals surface area contributed by atoms with E-state index >= 15 is 0 Å². The monoisotopic (exact) mass is 307 g/mol. The van der Waals surface area contributed by atoms with Gasteiger partial charge in [0.2, 0.25) is 0 Å². The quantitative estimate of drug-likeness (QED) is 0.609. The first-order valence-corrected chi connectivity index (χ1v) is 7.26. The van der Waals surface area contributed by atoms with E-state index in [4.69, 9.17) is 14.2 Å². The number of esters is 1. The van der Waals surface area contributed by atoms with Crippen LogP contribution in [0.5, 0.6) is 11.5 Å². The van der Waals surface area contributed by atoms with Crippen molar-refractivity contribution in [2.45, 2.75) is 13.3 Å². The molecule has 0 radical (unpaired) electrons. The summed E-state index contributed by atoms with van der Waals surface area (Å²) < 4.78 is 15.5. The number of piperidine rings is 1. The smallest absolute Gasteiger partial charge is 0.318 e. The minimum atomic E-state index is -0.731. The lowest BCUT2D eigenvalue weighted by molar-refractivity contribution is -0.151. The van der Waals surface area contributed by atoms with Crippen molar-refractivity contribution in [1.82, 2.24) is 0 Å². The third-order valence-corrected chi connectivity index (χ3v) is 3.69. The highest BCUT2D eigenvalue weighted by Crippen LogP contribution is 2.30. The molecule has 1 aromatic rings. The summed E-state index contributed by atoms with van der Waals surface area (Å²) in [4.78, 5) is 25.8. The van der Waals surface area contributed by atoms with Crippen molar-refractivity contribution >= 4 is 17.4 Å². The molecule has 0 N–H and O–H groups in total. The number of hydrogen-bond acceptors (Lipinski definition) is 6. The van der Waals surface area contributed by atoms with E-state index in [0.29, 0.717) is 31.0 Å². The highest BCUT2D eigenvalue weighted by molar-refractivity contribution is 6.00. The molecule has 0 amide bonds. The third-order valence-electron chi connectivity index (χ3n) is 3.69. The molecule has 1 atom stereocenters. The molecule has 6 nitrogen and oxygen atoms in total. The van der Waals surface area contributed by atoms with Gasteiger partial charge in [-0.3, -0.25) is 9.59 Å². The molecule has 1 aliphatic heterocycles. The third kappa shape index (κ3) is 3.50. The molecular weight excluding hydrogens is 286 g/mol. The SMILES string of the molecule is CCOC(=O)C1CN(c2cc(OC)cc(OC)c2)CCC1=O. The van der Waals surface area contributed by atoms with Crippen LogP contribution in [0.1, 0.15) is 13.3 Å². The van der Waals surface area contributed by atoms with Gasteiger partial charge in [-0.15, -0.1) is 0 Å². The van der Waals surface area contributed by atoms with Crippen LogP contribution in [0.2, 0.25) is 0 Å². The number of rotatable bonds is 5. The van der Waals surface area contributed by atoms with Crippen molar-refractivity contribution < 1.29 is 23.8 Å². The minimum absolute atomic E-state index is 0.0652. The molecule has 6 heteroatoms. The van der Waals surface area contributed by atoms with Gasteiger partial charge in [-0.1, -0.05) is 0 Å². The number of carbonyl (C=O) groups is 2. The average Bonchev–Trinajstić information content (AvgIpc) is 2.54. The molecule has 0 saturated carbocycles. The zero-order chi connectivity index (χ0) is 16.1. The minimum Gasteiger partial charge on any atom is -0.497 e. The number of carbonyl (C=O) groups excluding carboxylic acids is 2. The van der Waals surface area contributed by atoms with Gasteiger partial charge < -0.3 is 19.1 Å². The molecule has 0 bridgehead atoms. The van der Waals surface area contributed by atoms with Gasteiger partial charge in [0.25, 0.3) is 0 Å². The van der Waals surface area contributed by atoms with E-state index in [1.54, 1.807) is 27.2 Å². The van der Waals surface area contributed by atoms with Crippen LogP contribution in [0.4, 0.5) is 5.69 Å². The standard InChI is InChI=1S/C16H21NO5/c1-4-22-16(19)14-10-17(6-5-15(14)18)11-7-12(20-2)9-13(8-11)21-3/h7-9,14H,4-6,10H2,1-3H3. The fraction of sp³-hybridized carbons (Fsp3) is 0.500. The first-order chi connectivity index (χ1) is 10.6. The highest BCUT2D eigenvalue weighted by Gasteiger charge is 2.34. The second kappa shape index (κ2) is 7.15. The zero-order valence-corrected chi connectivity index (χ0v) is 13.1. The molecule has 2 rings (SSSR count). The number of methoxy groups -OCH3 is 2. The number of ether oxygens (including phenoxy) is 3. The van der Waals surface area contributed by atoms with Crippen molar-refractivity contribution in [2.75, 3.05) is 38.8 Å². The second-order valence-electron chi connectivity index (χ2n) is 5.04.